The number of urea groups is 1. The summed E-state index contributed by atoms with van der Waals surface area (Å²) in [5.74, 6) is -0.121. The molecule has 2 N–H and O–H groups in total. The number of amides is 3. The van der Waals surface area contributed by atoms with Crippen LogP contribution in [0.3, 0.4) is 0 Å². The number of hydrogen-bond donors (Lipinski definition) is 2. The molecule has 0 atom stereocenters. The van der Waals surface area contributed by atoms with Crippen LogP contribution in [0.2, 0.25) is 0 Å². The van der Waals surface area contributed by atoms with E-state index in [1.807, 2.05) is 54.6 Å². The third-order valence-corrected chi connectivity index (χ3v) is 4.27. The maximum absolute atomic E-state index is 12.1. The highest BCUT2D eigenvalue weighted by Crippen LogP contribution is 2.23. The van der Waals surface area contributed by atoms with Crippen LogP contribution in [0.1, 0.15) is 38.3 Å². The minimum absolute atomic E-state index is 0.0819. The van der Waals surface area contributed by atoms with Gasteiger partial charge in [0.05, 0.1) is 0 Å². The summed E-state index contributed by atoms with van der Waals surface area (Å²) >= 11 is 0. The second-order valence-corrected chi connectivity index (χ2v) is 7.70. The van der Waals surface area contributed by atoms with Crippen molar-refractivity contribution in [1.82, 2.24) is 10.2 Å². The molecule has 27 heavy (non-hydrogen) atoms. The average Bonchev–Trinajstić information content (AvgIpc) is 2.62. The van der Waals surface area contributed by atoms with Crippen molar-refractivity contribution in [2.45, 2.75) is 39.2 Å². The first kappa shape index (κ1) is 20.5. The van der Waals surface area contributed by atoms with E-state index in [0.717, 1.165) is 11.3 Å². The summed E-state index contributed by atoms with van der Waals surface area (Å²) in [7, 11) is 1.74. The van der Waals surface area contributed by atoms with Crippen molar-refractivity contribution in [2.24, 2.45) is 0 Å². The summed E-state index contributed by atoms with van der Waals surface area (Å²) in [5.41, 5.74) is 3.12. The first-order valence-electron chi connectivity index (χ1n) is 9.19. The Balaban J connectivity index is 1.73. The van der Waals surface area contributed by atoms with Crippen LogP contribution in [0.5, 0.6) is 0 Å². The molecule has 0 aromatic heterocycles. The van der Waals surface area contributed by atoms with Crippen LogP contribution in [0.15, 0.2) is 54.6 Å². The SMILES string of the molecule is CN(Cc1ccccc1)C(=O)NCCC(=O)Nc1ccc(C(C)(C)C)cc1. The molecule has 2 aromatic rings. The molecule has 0 fully saturated rings. The molecule has 144 valence electrons. The number of hydrogen-bond acceptors (Lipinski definition) is 2. The standard InChI is InChI=1S/C22H29N3O2/c1-22(2,3)18-10-12-19(13-11-18)24-20(26)14-15-23-21(27)25(4)16-17-8-6-5-7-9-17/h5-13H,14-16H2,1-4H3,(H,23,27)(H,24,26). The molecule has 0 unspecified atom stereocenters. The first-order valence-corrected chi connectivity index (χ1v) is 9.19. The Kier molecular flexibility index (Phi) is 6.99. The third kappa shape index (κ3) is 6.77. The normalized spacial score (nSPS) is 11.0. The molecule has 0 aliphatic carbocycles. The van der Waals surface area contributed by atoms with Crippen LogP contribution in [0.4, 0.5) is 10.5 Å². The van der Waals surface area contributed by atoms with Crippen LogP contribution in [0, 0.1) is 0 Å². The van der Waals surface area contributed by atoms with Gasteiger partial charge in [-0.05, 0) is 28.7 Å². The minimum atomic E-state index is -0.193. The highest BCUT2D eigenvalue weighted by atomic mass is 16.2. The fraction of sp³-hybridized carbons (Fsp3) is 0.364. The molecule has 2 rings (SSSR count). The van der Waals surface area contributed by atoms with E-state index in [2.05, 4.69) is 31.4 Å². The van der Waals surface area contributed by atoms with E-state index >= 15 is 0 Å². The second kappa shape index (κ2) is 9.21. The van der Waals surface area contributed by atoms with Crippen LogP contribution >= 0.6 is 0 Å². The van der Waals surface area contributed by atoms with E-state index in [1.54, 1.807) is 11.9 Å². The molecule has 5 nitrogen and oxygen atoms in total. The summed E-state index contributed by atoms with van der Waals surface area (Å²) in [6.07, 6.45) is 0.228. The minimum Gasteiger partial charge on any atom is -0.337 e. The third-order valence-electron chi connectivity index (χ3n) is 4.27. The van der Waals surface area contributed by atoms with Gasteiger partial charge in [0.15, 0.2) is 0 Å². The monoisotopic (exact) mass is 367 g/mol. The molecular weight excluding hydrogens is 338 g/mol. The van der Waals surface area contributed by atoms with Crippen molar-refractivity contribution in [2.75, 3.05) is 18.9 Å². The molecule has 0 radical (unpaired) electrons. The smallest absolute Gasteiger partial charge is 0.317 e. The molecule has 0 saturated heterocycles. The maximum atomic E-state index is 12.1. The van der Waals surface area contributed by atoms with E-state index in [4.69, 9.17) is 0 Å². The molecular formula is C22H29N3O2. The summed E-state index contributed by atoms with van der Waals surface area (Å²) in [4.78, 5) is 25.8. The van der Waals surface area contributed by atoms with Gasteiger partial charge in [-0.25, -0.2) is 4.79 Å². The fourth-order valence-corrected chi connectivity index (χ4v) is 2.62. The lowest BCUT2D eigenvalue weighted by atomic mass is 9.87. The van der Waals surface area contributed by atoms with Gasteiger partial charge in [-0.2, -0.15) is 0 Å². The highest BCUT2D eigenvalue weighted by molar-refractivity contribution is 5.91. The van der Waals surface area contributed by atoms with Crippen LogP contribution in [-0.4, -0.2) is 30.4 Å². The number of nitrogens with one attached hydrogen (secondary N) is 2. The molecule has 0 aliphatic rings. The van der Waals surface area contributed by atoms with Gasteiger partial charge in [-0.3, -0.25) is 4.79 Å². The van der Waals surface area contributed by atoms with Crippen molar-refractivity contribution in [1.29, 1.82) is 0 Å². The fourth-order valence-electron chi connectivity index (χ4n) is 2.62. The summed E-state index contributed by atoms with van der Waals surface area (Å²) in [5, 5.41) is 5.63. The Bertz CT molecular complexity index is 749. The lowest BCUT2D eigenvalue weighted by molar-refractivity contribution is -0.116. The zero-order valence-corrected chi connectivity index (χ0v) is 16.6. The first-order chi connectivity index (χ1) is 12.8. The van der Waals surface area contributed by atoms with Crippen molar-refractivity contribution in [3.63, 3.8) is 0 Å². The van der Waals surface area contributed by atoms with Crippen molar-refractivity contribution >= 4 is 17.6 Å². The van der Waals surface area contributed by atoms with Crippen LogP contribution < -0.4 is 10.6 Å². The zero-order chi connectivity index (χ0) is 19.9. The molecule has 0 saturated carbocycles. The van der Waals surface area contributed by atoms with E-state index in [0.29, 0.717) is 13.1 Å². The summed E-state index contributed by atoms with van der Waals surface area (Å²) in [6, 6.07) is 17.4. The maximum Gasteiger partial charge on any atom is 0.317 e. The van der Waals surface area contributed by atoms with Crippen LogP contribution in [-0.2, 0) is 16.8 Å². The quantitative estimate of drug-likeness (QED) is 0.805. The lowest BCUT2D eigenvalue weighted by Crippen LogP contribution is -2.38. The second-order valence-electron chi connectivity index (χ2n) is 7.70. The summed E-state index contributed by atoms with van der Waals surface area (Å²) in [6.45, 7) is 7.27. The van der Waals surface area contributed by atoms with Gasteiger partial charge >= 0.3 is 6.03 Å². The van der Waals surface area contributed by atoms with Gasteiger partial charge in [0.25, 0.3) is 0 Å². The molecule has 0 spiro atoms. The topological polar surface area (TPSA) is 61.4 Å². The number of benzene rings is 2. The molecule has 0 aliphatic heterocycles. The van der Waals surface area contributed by atoms with Gasteiger partial charge in [-0.15, -0.1) is 0 Å². The Morgan fingerprint density at radius 2 is 1.59 bits per heavy atom. The highest BCUT2D eigenvalue weighted by Gasteiger charge is 2.13. The Labute approximate surface area is 161 Å². The Hall–Kier alpha value is -2.82. The Morgan fingerprint density at radius 1 is 0.963 bits per heavy atom. The van der Waals surface area contributed by atoms with Gasteiger partial charge in [0.2, 0.25) is 5.91 Å². The lowest BCUT2D eigenvalue weighted by Gasteiger charge is -2.19. The van der Waals surface area contributed by atoms with Gasteiger partial charge < -0.3 is 15.5 Å². The van der Waals surface area contributed by atoms with Crippen molar-refractivity contribution in [3.05, 3.63) is 65.7 Å². The predicted molar refractivity (Wildman–Crippen MR) is 110 cm³/mol. The molecule has 0 heterocycles. The van der Waals surface area contributed by atoms with Crippen LogP contribution in [0.25, 0.3) is 0 Å². The predicted octanol–water partition coefficient (Wildman–Crippen LogP) is 4.15. The van der Waals surface area contributed by atoms with Gasteiger partial charge in [-0.1, -0.05) is 63.2 Å². The number of carbonyl (C=O) groups is 2. The van der Waals surface area contributed by atoms with E-state index in [1.165, 1.54) is 5.56 Å². The van der Waals surface area contributed by atoms with Gasteiger partial charge in [0, 0.05) is 32.2 Å². The number of rotatable bonds is 6. The largest absolute Gasteiger partial charge is 0.337 e. The zero-order valence-electron chi connectivity index (χ0n) is 16.6. The number of nitrogens with zero attached hydrogens (tertiary/aromatic N) is 1. The average molecular weight is 367 g/mol. The molecule has 2 aromatic carbocycles. The molecule has 3 amide bonds. The molecule has 0 bridgehead atoms. The van der Waals surface area contributed by atoms with E-state index < -0.39 is 0 Å². The van der Waals surface area contributed by atoms with E-state index in [9.17, 15) is 9.59 Å². The molecule has 5 heteroatoms. The van der Waals surface area contributed by atoms with Crippen molar-refractivity contribution < 1.29 is 9.59 Å². The van der Waals surface area contributed by atoms with Gasteiger partial charge in [0.1, 0.15) is 0 Å². The van der Waals surface area contributed by atoms with Crippen molar-refractivity contribution in [3.8, 4) is 0 Å². The van der Waals surface area contributed by atoms with E-state index in [-0.39, 0.29) is 23.8 Å². The summed E-state index contributed by atoms with van der Waals surface area (Å²) < 4.78 is 0. The number of carbonyl (C=O) groups excluding carboxylic acids is 2. The Morgan fingerprint density at radius 3 is 2.19 bits per heavy atom. The number of anilines is 1.